The molecule has 0 aliphatic carbocycles. The van der Waals surface area contributed by atoms with Crippen molar-refractivity contribution in [3.63, 3.8) is 0 Å². The third kappa shape index (κ3) is 4.15. The standard InChI is InChI=1S/C13H18N2OS/c1-9(2)8-15-13(16)11(12(14)17)10-6-4-3-5-7-10/h3-7,9,11H,8H2,1-2H3,(H2,14,17)(H,15,16). The summed E-state index contributed by atoms with van der Waals surface area (Å²) in [4.78, 5) is 12.2. The number of carbonyl (C=O) groups excluding carboxylic acids is 1. The van der Waals surface area contributed by atoms with Gasteiger partial charge in [-0.25, -0.2) is 0 Å². The maximum atomic E-state index is 12.0. The van der Waals surface area contributed by atoms with E-state index in [9.17, 15) is 4.79 Å². The van der Waals surface area contributed by atoms with Crippen LogP contribution in [0.3, 0.4) is 0 Å². The van der Waals surface area contributed by atoms with E-state index in [1.54, 1.807) is 0 Å². The van der Waals surface area contributed by atoms with Crippen LogP contribution >= 0.6 is 12.2 Å². The lowest BCUT2D eigenvalue weighted by Crippen LogP contribution is -2.37. The molecule has 0 saturated heterocycles. The van der Waals surface area contributed by atoms with Crippen molar-refractivity contribution in [1.82, 2.24) is 5.32 Å². The van der Waals surface area contributed by atoms with Gasteiger partial charge in [-0.2, -0.15) is 0 Å². The van der Waals surface area contributed by atoms with E-state index in [4.69, 9.17) is 18.0 Å². The molecule has 0 aromatic heterocycles. The first-order valence-corrected chi connectivity index (χ1v) is 6.05. The first-order chi connectivity index (χ1) is 8.02. The Morgan fingerprint density at radius 2 is 1.94 bits per heavy atom. The van der Waals surface area contributed by atoms with Gasteiger partial charge in [-0.3, -0.25) is 4.79 Å². The fourth-order valence-corrected chi connectivity index (χ4v) is 1.74. The highest BCUT2D eigenvalue weighted by molar-refractivity contribution is 7.80. The van der Waals surface area contributed by atoms with E-state index >= 15 is 0 Å². The zero-order valence-corrected chi connectivity index (χ0v) is 11.0. The van der Waals surface area contributed by atoms with Crippen LogP contribution in [0.15, 0.2) is 30.3 Å². The summed E-state index contributed by atoms with van der Waals surface area (Å²) in [5.41, 5.74) is 6.48. The second kappa shape index (κ2) is 6.35. The van der Waals surface area contributed by atoms with Crippen molar-refractivity contribution in [1.29, 1.82) is 0 Å². The lowest BCUT2D eigenvalue weighted by atomic mass is 9.98. The average molecular weight is 250 g/mol. The largest absolute Gasteiger partial charge is 0.392 e. The SMILES string of the molecule is CC(C)CNC(=O)C(C(N)=S)c1ccccc1. The van der Waals surface area contributed by atoms with Crippen LogP contribution in [0.2, 0.25) is 0 Å². The molecule has 1 rings (SSSR count). The zero-order valence-electron chi connectivity index (χ0n) is 10.1. The Balaban J connectivity index is 2.80. The van der Waals surface area contributed by atoms with Gasteiger partial charge in [0.2, 0.25) is 5.91 Å². The van der Waals surface area contributed by atoms with Crippen molar-refractivity contribution >= 4 is 23.1 Å². The second-order valence-corrected chi connectivity index (χ2v) is 4.86. The van der Waals surface area contributed by atoms with Gasteiger partial charge in [0.25, 0.3) is 0 Å². The highest BCUT2D eigenvalue weighted by atomic mass is 32.1. The molecular weight excluding hydrogens is 232 g/mol. The van der Waals surface area contributed by atoms with Crippen LogP contribution < -0.4 is 11.1 Å². The van der Waals surface area contributed by atoms with Gasteiger partial charge >= 0.3 is 0 Å². The highest BCUT2D eigenvalue weighted by Gasteiger charge is 2.22. The maximum absolute atomic E-state index is 12.0. The third-order valence-corrected chi connectivity index (χ3v) is 2.60. The summed E-state index contributed by atoms with van der Waals surface area (Å²) in [6, 6.07) is 9.36. The Labute approximate surface area is 107 Å². The Hall–Kier alpha value is -1.42. The predicted molar refractivity (Wildman–Crippen MR) is 73.8 cm³/mol. The van der Waals surface area contributed by atoms with Gasteiger partial charge in [0.05, 0.1) is 4.99 Å². The maximum Gasteiger partial charge on any atom is 0.234 e. The molecule has 92 valence electrons. The molecule has 3 N–H and O–H groups in total. The van der Waals surface area contributed by atoms with Gasteiger partial charge in [-0.15, -0.1) is 0 Å². The van der Waals surface area contributed by atoms with Gasteiger partial charge in [-0.05, 0) is 11.5 Å². The Morgan fingerprint density at radius 1 is 1.35 bits per heavy atom. The minimum absolute atomic E-state index is 0.127. The molecule has 1 aromatic carbocycles. The molecule has 0 aliphatic heterocycles. The quantitative estimate of drug-likeness (QED) is 0.784. The lowest BCUT2D eigenvalue weighted by molar-refractivity contribution is -0.121. The molecule has 4 heteroatoms. The summed E-state index contributed by atoms with van der Waals surface area (Å²) < 4.78 is 0. The molecule has 1 amide bonds. The average Bonchev–Trinajstić information content (AvgIpc) is 2.27. The van der Waals surface area contributed by atoms with E-state index in [0.29, 0.717) is 12.5 Å². The predicted octanol–water partition coefficient (Wildman–Crippen LogP) is 1.83. The first kappa shape index (κ1) is 13.6. The fourth-order valence-electron chi connectivity index (χ4n) is 1.50. The molecule has 0 fully saturated rings. The number of hydrogen-bond acceptors (Lipinski definition) is 2. The van der Waals surface area contributed by atoms with Crippen LogP contribution in [-0.4, -0.2) is 17.4 Å². The van der Waals surface area contributed by atoms with Crippen molar-refractivity contribution in [3.05, 3.63) is 35.9 Å². The zero-order chi connectivity index (χ0) is 12.8. The van der Waals surface area contributed by atoms with Crippen molar-refractivity contribution in [2.24, 2.45) is 11.7 Å². The Kier molecular flexibility index (Phi) is 5.10. The minimum Gasteiger partial charge on any atom is -0.392 e. The third-order valence-electron chi connectivity index (χ3n) is 2.36. The minimum atomic E-state index is -0.537. The van der Waals surface area contributed by atoms with Crippen LogP contribution in [0.5, 0.6) is 0 Å². The van der Waals surface area contributed by atoms with Crippen molar-refractivity contribution in [2.75, 3.05) is 6.54 Å². The van der Waals surface area contributed by atoms with E-state index in [2.05, 4.69) is 5.32 Å². The molecule has 0 spiro atoms. The summed E-state index contributed by atoms with van der Waals surface area (Å²) in [6.45, 7) is 4.71. The topological polar surface area (TPSA) is 55.1 Å². The molecule has 1 unspecified atom stereocenters. The van der Waals surface area contributed by atoms with E-state index in [1.165, 1.54) is 0 Å². The van der Waals surface area contributed by atoms with Crippen molar-refractivity contribution < 1.29 is 4.79 Å². The molecule has 0 bridgehead atoms. The summed E-state index contributed by atoms with van der Waals surface area (Å²) in [7, 11) is 0. The van der Waals surface area contributed by atoms with Gasteiger partial charge < -0.3 is 11.1 Å². The van der Waals surface area contributed by atoms with Crippen molar-refractivity contribution in [2.45, 2.75) is 19.8 Å². The van der Waals surface area contributed by atoms with Crippen LogP contribution in [0.4, 0.5) is 0 Å². The second-order valence-electron chi connectivity index (χ2n) is 4.39. The van der Waals surface area contributed by atoms with Gasteiger partial charge in [0.15, 0.2) is 0 Å². The number of amides is 1. The normalized spacial score (nSPS) is 12.2. The molecule has 1 aromatic rings. The van der Waals surface area contributed by atoms with Gasteiger partial charge in [-0.1, -0.05) is 56.4 Å². The molecule has 3 nitrogen and oxygen atoms in total. The number of nitrogens with one attached hydrogen (secondary N) is 1. The molecule has 0 radical (unpaired) electrons. The molecule has 0 aliphatic rings. The van der Waals surface area contributed by atoms with Crippen LogP contribution in [0.1, 0.15) is 25.3 Å². The van der Waals surface area contributed by atoms with E-state index in [1.807, 2.05) is 44.2 Å². The number of carbonyl (C=O) groups is 1. The number of nitrogens with two attached hydrogens (primary N) is 1. The van der Waals surface area contributed by atoms with Gasteiger partial charge in [0, 0.05) is 6.54 Å². The highest BCUT2D eigenvalue weighted by Crippen LogP contribution is 2.16. The first-order valence-electron chi connectivity index (χ1n) is 5.64. The van der Waals surface area contributed by atoms with Crippen LogP contribution in [-0.2, 0) is 4.79 Å². The lowest BCUT2D eigenvalue weighted by Gasteiger charge is -2.16. The van der Waals surface area contributed by atoms with Gasteiger partial charge in [0.1, 0.15) is 5.92 Å². The summed E-state index contributed by atoms with van der Waals surface area (Å²) >= 11 is 4.97. The number of benzene rings is 1. The summed E-state index contributed by atoms with van der Waals surface area (Å²) in [5, 5.41) is 2.86. The fraction of sp³-hybridized carbons (Fsp3) is 0.385. The molecule has 17 heavy (non-hydrogen) atoms. The summed E-state index contributed by atoms with van der Waals surface area (Å²) in [5.74, 6) is -0.260. The monoisotopic (exact) mass is 250 g/mol. The number of hydrogen-bond donors (Lipinski definition) is 2. The molecule has 0 saturated carbocycles. The van der Waals surface area contributed by atoms with E-state index in [0.717, 1.165) is 5.56 Å². The molecule has 0 heterocycles. The van der Waals surface area contributed by atoms with E-state index in [-0.39, 0.29) is 10.9 Å². The van der Waals surface area contributed by atoms with E-state index < -0.39 is 5.92 Å². The number of rotatable bonds is 5. The number of thiocarbonyl (C=S) groups is 1. The molecular formula is C13H18N2OS. The van der Waals surface area contributed by atoms with Crippen LogP contribution in [0.25, 0.3) is 0 Å². The Morgan fingerprint density at radius 3 is 2.41 bits per heavy atom. The van der Waals surface area contributed by atoms with Crippen LogP contribution in [0, 0.1) is 5.92 Å². The van der Waals surface area contributed by atoms with Crippen molar-refractivity contribution in [3.8, 4) is 0 Å². The Bertz CT molecular complexity index is 390. The molecule has 1 atom stereocenters. The summed E-state index contributed by atoms with van der Waals surface area (Å²) in [6.07, 6.45) is 0. The smallest absolute Gasteiger partial charge is 0.234 e.